The van der Waals surface area contributed by atoms with Gasteiger partial charge in [0.1, 0.15) is 0 Å². The Labute approximate surface area is 175 Å². The molecule has 29 heavy (non-hydrogen) atoms. The van der Waals surface area contributed by atoms with E-state index in [-0.39, 0.29) is 5.97 Å². The molecule has 1 heterocycles. The van der Waals surface area contributed by atoms with E-state index < -0.39 is 0 Å². The van der Waals surface area contributed by atoms with Crippen LogP contribution in [0.15, 0.2) is 54.6 Å². The van der Waals surface area contributed by atoms with Gasteiger partial charge in [0.15, 0.2) is 0 Å². The predicted octanol–water partition coefficient (Wildman–Crippen LogP) is 6.54. The molecule has 4 rings (SSSR count). The van der Waals surface area contributed by atoms with Crippen molar-refractivity contribution >= 4 is 11.7 Å². The van der Waals surface area contributed by atoms with Gasteiger partial charge in [-0.2, -0.15) is 0 Å². The van der Waals surface area contributed by atoms with Gasteiger partial charge in [-0.1, -0.05) is 56.0 Å². The normalized spacial score (nSPS) is 23.7. The van der Waals surface area contributed by atoms with Crippen LogP contribution < -0.4 is 4.90 Å². The zero-order chi connectivity index (χ0) is 20.3. The van der Waals surface area contributed by atoms with E-state index in [0.717, 1.165) is 0 Å². The lowest BCUT2D eigenvalue weighted by atomic mass is 9.73. The summed E-state index contributed by atoms with van der Waals surface area (Å²) in [5.41, 5.74) is 3.62. The fourth-order valence-electron chi connectivity index (χ4n) is 5.61. The van der Waals surface area contributed by atoms with Crippen LogP contribution in [0, 0.1) is 5.41 Å². The molecule has 2 aromatic carbocycles. The molecule has 1 saturated carbocycles. The quantitative estimate of drug-likeness (QED) is 0.554. The van der Waals surface area contributed by atoms with Crippen molar-refractivity contribution in [2.24, 2.45) is 5.41 Å². The summed E-state index contributed by atoms with van der Waals surface area (Å²) in [6, 6.07) is 19.9. The average Bonchev–Trinajstić information content (AvgIpc) is 2.89. The Morgan fingerprint density at radius 1 is 1.00 bits per heavy atom. The largest absolute Gasteiger partial charge is 0.462 e. The van der Waals surface area contributed by atoms with Crippen molar-refractivity contribution in [3.05, 3.63) is 65.7 Å². The Bertz CT molecular complexity index is 806. The molecule has 3 nitrogen and oxygen atoms in total. The first-order valence-corrected chi connectivity index (χ1v) is 11.2. The standard InChI is InChI=1S/C26H33NO2/c1-3-29-25(28)22-13-15-23(16-14-22)27-20(2)26(17-9-4-5-10-18-26)19-24(27)21-11-7-6-8-12-21/h6-8,11-16,20,24H,3-5,9-10,17-19H2,1-2H3. The lowest BCUT2D eigenvalue weighted by Crippen LogP contribution is -2.37. The van der Waals surface area contributed by atoms with E-state index in [1.807, 2.05) is 19.1 Å². The van der Waals surface area contributed by atoms with Gasteiger partial charge in [-0.05, 0) is 68.4 Å². The van der Waals surface area contributed by atoms with Crippen LogP contribution in [-0.4, -0.2) is 18.6 Å². The van der Waals surface area contributed by atoms with Crippen molar-refractivity contribution in [3.8, 4) is 0 Å². The second kappa shape index (κ2) is 8.61. The molecule has 0 N–H and O–H groups in total. The third-order valence-electron chi connectivity index (χ3n) is 7.20. The third-order valence-corrected chi connectivity index (χ3v) is 7.20. The van der Waals surface area contributed by atoms with Crippen LogP contribution in [0.4, 0.5) is 5.69 Å². The molecule has 154 valence electrons. The summed E-state index contributed by atoms with van der Waals surface area (Å²) in [5, 5.41) is 0. The number of carbonyl (C=O) groups is 1. The lowest BCUT2D eigenvalue weighted by Gasteiger charge is -2.37. The van der Waals surface area contributed by atoms with Crippen LogP contribution in [0.2, 0.25) is 0 Å². The maximum Gasteiger partial charge on any atom is 0.338 e. The van der Waals surface area contributed by atoms with Crippen molar-refractivity contribution in [1.82, 2.24) is 0 Å². The SMILES string of the molecule is CCOC(=O)c1ccc(N2C(c3ccccc3)CC3(CCCCCC3)C2C)cc1. The summed E-state index contributed by atoms with van der Waals surface area (Å²) < 4.78 is 5.16. The number of hydrogen-bond acceptors (Lipinski definition) is 3. The zero-order valence-corrected chi connectivity index (χ0v) is 17.8. The summed E-state index contributed by atoms with van der Waals surface area (Å²) in [6.45, 7) is 4.67. The highest BCUT2D eigenvalue weighted by Crippen LogP contribution is 2.55. The summed E-state index contributed by atoms with van der Waals surface area (Å²) in [4.78, 5) is 14.7. The molecule has 0 bridgehead atoms. The molecule has 2 aromatic rings. The number of anilines is 1. The Morgan fingerprint density at radius 3 is 2.28 bits per heavy atom. The highest BCUT2D eigenvalue weighted by molar-refractivity contribution is 5.89. The summed E-state index contributed by atoms with van der Waals surface area (Å²) in [7, 11) is 0. The van der Waals surface area contributed by atoms with Crippen LogP contribution in [0.25, 0.3) is 0 Å². The van der Waals surface area contributed by atoms with Crippen molar-refractivity contribution in [2.75, 3.05) is 11.5 Å². The predicted molar refractivity (Wildman–Crippen MR) is 118 cm³/mol. The van der Waals surface area contributed by atoms with E-state index in [2.05, 4.69) is 54.3 Å². The molecule has 3 heteroatoms. The van der Waals surface area contributed by atoms with E-state index in [1.165, 1.54) is 56.2 Å². The molecule has 1 aliphatic carbocycles. The molecule has 0 aromatic heterocycles. The van der Waals surface area contributed by atoms with Crippen molar-refractivity contribution in [3.63, 3.8) is 0 Å². The number of benzene rings is 2. The molecule has 0 radical (unpaired) electrons. The van der Waals surface area contributed by atoms with Gasteiger partial charge in [0.05, 0.1) is 18.2 Å². The van der Waals surface area contributed by atoms with Crippen LogP contribution in [0.5, 0.6) is 0 Å². The second-order valence-corrected chi connectivity index (χ2v) is 8.76. The van der Waals surface area contributed by atoms with Gasteiger partial charge in [-0.15, -0.1) is 0 Å². The summed E-state index contributed by atoms with van der Waals surface area (Å²) >= 11 is 0. The highest BCUT2D eigenvalue weighted by Gasteiger charge is 2.49. The minimum Gasteiger partial charge on any atom is -0.462 e. The maximum atomic E-state index is 12.1. The van der Waals surface area contributed by atoms with Gasteiger partial charge in [-0.25, -0.2) is 4.79 Å². The molecular formula is C26H33NO2. The first-order valence-electron chi connectivity index (χ1n) is 11.2. The topological polar surface area (TPSA) is 29.5 Å². The van der Waals surface area contributed by atoms with Crippen LogP contribution in [-0.2, 0) is 4.74 Å². The van der Waals surface area contributed by atoms with Crippen LogP contribution in [0.1, 0.15) is 80.8 Å². The average molecular weight is 392 g/mol. The number of carbonyl (C=O) groups excluding carboxylic acids is 1. The third kappa shape index (κ3) is 3.92. The van der Waals surface area contributed by atoms with Gasteiger partial charge < -0.3 is 9.64 Å². The van der Waals surface area contributed by atoms with E-state index in [4.69, 9.17) is 4.74 Å². The Balaban J connectivity index is 1.69. The number of esters is 1. The molecule has 1 saturated heterocycles. The van der Waals surface area contributed by atoms with Crippen molar-refractivity contribution in [2.45, 2.75) is 70.9 Å². The first kappa shape index (κ1) is 20.0. The Morgan fingerprint density at radius 2 is 1.66 bits per heavy atom. The second-order valence-electron chi connectivity index (χ2n) is 8.76. The van der Waals surface area contributed by atoms with Crippen molar-refractivity contribution < 1.29 is 9.53 Å². The van der Waals surface area contributed by atoms with Gasteiger partial charge in [-0.3, -0.25) is 0 Å². The van der Waals surface area contributed by atoms with E-state index >= 15 is 0 Å². The smallest absolute Gasteiger partial charge is 0.338 e. The molecule has 0 amide bonds. The van der Waals surface area contributed by atoms with Gasteiger partial charge >= 0.3 is 5.97 Å². The van der Waals surface area contributed by atoms with E-state index in [1.54, 1.807) is 0 Å². The first-order chi connectivity index (χ1) is 14.1. The summed E-state index contributed by atoms with van der Waals surface area (Å²) in [6.07, 6.45) is 9.32. The van der Waals surface area contributed by atoms with E-state index in [9.17, 15) is 4.79 Å². The lowest BCUT2D eigenvalue weighted by molar-refractivity contribution is 0.0526. The van der Waals surface area contributed by atoms with Crippen LogP contribution >= 0.6 is 0 Å². The number of ether oxygens (including phenoxy) is 1. The Kier molecular flexibility index (Phi) is 5.94. The molecule has 2 fully saturated rings. The monoisotopic (exact) mass is 391 g/mol. The molecule has 2 aliphatic rings. The van der Waals surface area contributed by atoms with Gasteiger partial charge in [0, 0.05) is 11.7 Å². The maximum absolute atomic E-state index is 12.1. The number of nitrogens with zero attached hydrogens (tertiary/aromatic N) is 1. The zero-order valence-electron chi connectivity index (χ0n) is 17.8. The fourth-order valence-corrected chi connectivity index (χ4v) is 5.61. The minimum atomic E-state index is -0.242. The fraction of sp³-hybridized carbons (Fsp3) is 0.500. The van der Waals surface area contributed by atoms with Crippen LogP contribution in [0.3, 0.4) is 0 Å². The van der Waals surface area contributed by atoms with E-state index in [0.29, 0.717) is 29.7 Å². The number of hydrogen-bond donors (Lipinski definition) is 0. The minimum absolute atomic E-state index is 0.242. The Hall–Kier alpha value is -2.29. The molecular weight excluding hydrogens is 358 g/mol. The summed E-state index contributed by atoms with van der Waals surface area (Å²) in [5.74, 6) is -0.242. The number of rotatable bonds is 4. The molecule has 1 aliphatic heterocycles. The molecule has 1 spiro atoms. The van der Waals surface area contributed by atoms with Gasteiger partial charge in [0.2, 0.25) is 0 Å². The highest BCUT2D eigenvalue weighted by atomic mass is 16.5. The van der Waals surface area contributed by atoms with Gasteiger partial charge in [0.25, 0.3) is 0 Å². The van der Waals surface area contributed by atoms with Crippen molar-refractivity contribution in [1.29, 1.82) is 0 Å². The molecule has 2 atom stereocenters. The molecule has 2 unspecified atom stereocenters.